The number of carbonyl (C=O) groups is 1. The minimum atomic E-state index is -4.74. The molecule has 188 valence electrons. The standard InChI is InChI=1S/C24H22F3N5O4/c1-34-17-10-14(11-18(35-2)21(17)36-3)13-8-15-19(16(33)9-13)20(12-4-6-28-7-5-12)32-23(29-15)30-22(31-32)24(25,26)27/h4-7,10-11,13,20H,8-9H2,1-3H3,(H,29,30,31)/t13-,20-/m1/s1. The Balaban J connectivity index is 1.60. The highest BCUT2D eigenvalue weighted by molar-refractivity contribution is 6.00. The molecule has 1 aliphatic carbocycles. The predicted molar refractivity (Wildman–Crippen MR) is 121 cm³/mol. The maximum Gasteiger partial charge on any atom is 0.453 e. The van der Waals surface area contributed by atoms with E-state index >= 15 is 0 Å². The second-order valence-electron chi connectivity index (χ2n) is 8.39. The number of allylic oxidation sites excluding steroid dienone is 2. The molecule has 0 spiro atoms. The summed E-state index contributed by atoms with van der Waals surface area (Å²) in [6.45, 7) is 0. The van der Waals surface area contributed by atoms with E-state index in [-0.39, 0.29) is 24.1 Å². The van der Waals surface area contributed by atoms with Gasteiger partial charge in [0.15, 0.2) is 17.3 Å². The van der Waals surface area contributed by atoms with Gasteiger partial charge in [-0.15, -0.1) is 5.10 Å². The molecule has 9 nitrogen and oxygen atoms in total. The number of Topliss-reactive ketones (excluding diaryl/α,β-unsaturated/α-hetero) is 1. The predicted octanol–water partition coefficient (Wildman–Crippen LogP) is 4.13. The highest BCUT2D eigenvalue weighted by Crippen LogP contribution is 2.47. The molecule has 3 heterocycles. The maximum absolute atomic E-state index is 13.6. The van der Waals surface area contributed by atoms with Gasteiger partial charge < -0.3 is 19.5 Å². The van der Waals surface area contributed by atoms with Crippen LogP contribution in [-0.2, 0) is 11.0 Å². The van der Waals surface area contributed by atoms with Crippen molar-refractivity contribution in [2.45, 2.75) is 31.0 Å². The van der Waals surface area contributed by atoms with Crippen LogP contribution in [0.1, 0.15) is 41.8 Å². The average Bonchev–Trinajstić information content (AvgIpc) is 3.31. The Kier molecular flexibility index (Phi) is 5.81. The largest absolute Gasteiger partial charge is 0.493 e. The normalized spacial score (nSPS) is 19.3. The van der Waals surface area contributed by atoms with Crippen molar-refractivity contribution in [3.05, 3.63) is 64.9 Å². The van der Waals surface area contributed by atoms with E-state index < -0.39 is 18.0 Å². The zero-order chi connectivity index (χ0) is 25.6. The zero-order valence-corrected chi connectivity index (χ0v) is 19.6. The van der Waals surface area contributed by atoms with Crippen LogP contribution in [0.15, 0.2) is 47.9 Å². The Hall–Kier alpha value is -4.09. The summed E-state index contributed by atoms with van der Waals surface area (Å²) in [6, 6.07) is 5.99. The number of hydrogen-bond acceptors (Lipinski definition) is 8. The first kappa shape index (κ1) is 23.6. The molecule has 0 bridgehead atoms. The van der Waals surface area contributed by atoms with Crippen molar-refractivity contribution in [3.63, 3.8) is 0 Å². The van der Waals surface area contributed by atoms with Crippen LogP contribution in [0, 0.1) is 0 Å². The molecule has 0 saturated carbocycles. The van der Waals surface area contributed by atoms with E-state index in [0.29, 0.717) is 40.5 Å². The van der Waals surface area contributed by atoms with E-state index in [9.17, 15) is 18.0 Å². The molecule has 0 amide bonds. The molecule has 5 rings (SSSR count). The highest BCUT2D eigenvalue weighted by atomic mass is 19.4. The van der Waals surface area contributed by atoms with Crippen molar-refractivity contribution in [2.24, 2.45) is 0 Å². The lowest BCUT2D eigenvalue weighted by molar-refractivity contribution is -0.145. The monoisotopic (exact) mass is 501 g/mol. The molecule has 1 aromatic carbocycles. The van der Waals surface area contributed by atoms with Crippen LogP contribution in [-0.4, -0.2) is 46.9 Å². The topological polar surface area (TPSA) is 100 Å². The smallest absolute Gasteiger partial charge is 0.453 e. The third-order valence-corrected chi connectivity index (χ3v) is 6.35. The molecule has 12 heteroatoms. The third kappa shape index (κ3) is 3.91. The quantitative estimate of drug-likeness (QED) is 0.557. The summed E-state index contributed by atoms with van der Waals surface area (Å²) < 4.78 is 57.7. The molecule has 1 aliphatic heterocycles. The summed E-state index contributed by atoms with van der Waals surface area (Å²) in [5, 5.41) is 6.66. The maximum atomic E-state index is 13.6. The van der Waals surface area contributed by atoms with Gasteiger partial charge in [-0.1, -0.05) is 0 Å². The Morgan fingerprint density at radius 2 is 1.67 bits per heavy atom. The van der Waals surface area contributed by atoms with Crippen LogP contribution in [0.4, 0.5) is 19.1 Å². The molecule has 3 aromatic rings. The van der Waals surface area contributed by atoms with Gasteiger partial charge in [-0.25, -0.2) is 4.68 Å². The zero-order valence-electron chi connectivity index (χ0n) is 19.6. The number of pyridine rings is 1. The van der Waals surface area contributed by atoms with Gasteiger partial charge in [-0.05, 0) is 47.7 Å². The van der Waals surface area contributed by atoms with Crippen LogP contribution in [0.3, 0.4) is 0 Å². The molecule has 2 atom stereocenters. The van der Waals surface area contributed by atoms with Crippen molar-refractivity contribution < 1.29 is 32.2 Å². The summed E-state index contributed by atoms with van der Waals surface area (Å²) in [6.07, 6.45) is -1.21. The SMILES string of the molecule is COc1cc([C@H]2CC(=O)C3=C(C2)Nc2nc(C(F)(F)F)nn2[C@@H]3c2ccncc2)cc(OC)c1OC. The number of halogens is 3. The molecule has 1 N–H and O–H groups in total. The fourth-order valence-electron chi connectivity index (χ4n) is 4.76. The minimum absolute atomic E-state index is 0.0822. The van der Waals surface area contributed by atoms with E-state index in [2.05, 4.69) is 20.4 Å². The molecule has 36 heavy (non-hydrogen) atoms. The summed E-state index contributed by atoms with van der Waals surface area (Å²) in [5.74, 6) is -0.545. The number of nitrogens with zero attached hydrogens (tertiary/aromatic N) is 4. The Morgan fingerprint density at radius 3 is 2.25 bits per heavy atom. The van der Waals surface area contributed by atoms with E-state index in [4.69, 9.17) is 14.2 Å². The number of methoxy groups -OCH3 is 3. The van der Waals surface area contributed by atoms with Crippen LogP contribution in [0.2, 0.25) is 0 Å². The van der Waals surface area contributed by atoms with Gasteiger partial charge in [0.2, 0.25) is 11.7 Å². The number of anilines is 1. The van der Waals surface area contributed by atoms with E-state index in [1.165, 1.54) is 33.7 Å². The number of nitrogens with one attached hydrogen (secondary N) is 1. The number of hydrogen-bond donors (Lipinski definition) is 1. The molecule has 2 aromatic heterocycles. The summed E-state index contributed by atoms with van der Waals surface area (Å²) >= 11 is 0. The van der Waals surface area contributed by atoms with Crippen LogP contribution in [0.25, 0.3) is 0 Å². The highest BCUT2D eigenvalue weighted by Gasteiger charge is 2.43. The number of aromatic nitrogens is 4. The number of benzene rings is 1. The van der Waals surface area contributed by atoms with Gasteiger partial charge >= 0.3 is 6.18 Å². The summed E-state index contributed by atoms with van der Waals surface area (Å²) in [4.78, 5) is 21.2. The third-order valence-electron chi connectivity index (χ3n) is 6.35. The molecular formula is C24H22F3N5O4. The van der Waals surface area contributed by atoms with E-state index in [0.717, 1.165) is 10.2 Å². The molecule has 0 fully saturated rings. The van der Waals surface area contributed by atoms with E-state index in [1.807, 2.05) is 0 Å². The summed E-state index contributed by atoms with van der Waals surface area (Å²) in [5.41, 5.74) is 2.21. The minimum Gasteiger partial charge on any atom is -0.493 e. The van der Waals surface area contributed by atoms with Crippen LogP contribution >= 0.6 is 0 Å². The number of carbonyl (C=O) groups excluding carboxylic acids is 1. The Bertz CT molecular complexity index is 1330. The van der Waals surface area contributed by atoms with Crippen LogP contribution in [0.5, 0.6) is 17.2 Å². The van der Waals surface area contributed by atoms with Crippen LogP contribution < -0.4 is 19.5 Å². The van der Waals surface area contributed by atoms with Gasteiger partial charge in [0.05, 0.1) is 21.3 Å². The molecule has 2 aliphatic rings. The van der Waals surface area contributed by atoms with E-state index in [1.54, 1.807) is 24.3 Å². The van der Waals surface area contributed by atoms with Crippen molar-refractivity contribution >= 4 is 11.7 Å². The lowest BCUT2D eigenvalue weighted by atomic mass is 9.78. The van der Waals surface area contributed by atoms with Crippen molar-refractivity contribution in [1.82, 2.24) is 19.7 Å². The molecule has 0 radical (unpaired) electrons. The average molecular weight is 501 g/mol. The second-order valence-corrected chi connectivity index (χ2v) is 8.39. The van der Waals surface area contributed by atoms with Crippen molar-refractivity contribution in [2.75, 3.05) is 26.6 Å². The van der Waals surface area contributed by atoms with Gasteiger partial charge in [-0.3, -0.25) is 9.78 Å². The molecule has 0 saturated heterocycles. The number of alkyl halides is 3. The van der Waals surface area contributed by atoms with Gasteiger partial charge in [0.25, 0.3) is 5.82 Å². The van der Waals surface area contributed by atoms with Crippen molar-refractivity contribution in [1.29, 1.82) is 0 Å². The first-order valence-electron chi connectivity index (χ1n) is 11.0. The number of ether oxygens (including phenoxy) is 3. The lowest BCUT2D eigenvalue weighted by Gasteiger charge is -2.35. The molecule has 0 unspecified atom stereocenters. The number of fused-ring (bicyclic) bond motifs is 1. The fraction of sp³-hybridized carbons (Fsp3) is 0.333. The summed E-state index contributed by atoms with van der Waals surface area (Å²) in [7, 11) is 4.50. The van der Waals surface area contributed by atoms with Gasteiger partial charge in [-0.2, -0.15) is 18.2 Å². The Labute approximate surface area is 203 Å². The number of rotatable bonds is 5. The second kappa shape index (κ2) is 8.85. The van der Waals surface area contributed by atoms with Gasteiger partial charge in [0.1, 0.15) is 6.04 Å². The van der Waals surface area contributed by atoms with Crippen molar-refractivity contribution in [3.8, 4) is 17.2 Å². The first-order valence-corrected chi connectivity index (χ1v) is 11.0. The first-order chi connectivity index (χ1) is 17.2. The van der Waals surface area contributed by atoms with Gasteiger partial charge in [0, 0.05) is 30.1 Å². The molecular weight excluding hydrogens is 479 g/mol. The lowest BCUT2D eigenvalue weighted by Crippen LogP contribution is -2.33. The number of ketones is 1. The fourth-order valence-corrected chi connectivity index (χ4v) is 4.76. The Morgan fingerprint density at radius 1 is 1.00 bits per heavy atom.